The van der Waals surface area contributed by atoms with Crippen LogP contribution in [0.1, 0.15) is 6.42 Å². The third kappa shape index (κ3) is 4.32. The number of hydrogen-bond acceptors (Lipinski definition) is 8. The highest BCUT2D eigenvalue weighted by Gasteiger charge is 2.18. The molecule has 0 unspecified atom stereocenters. The zero-order valence-corrected chi connectivity index (χ0v) is 19.4. The summed E-state index contributed by atoms with van der Waals surface area (Å²) >= 11 is 3.42. The number of pyridine rings is 1. The van der Waals surface area contributed by atoms with E-state index < -0.39 is 0 Å². The lowest BCUT2D eigenvalue weighted by atomic mass is 10.1. The van der Waals surface area contributed by atoms with E-state index in [0.29, 0.717) is 11.9 Å². The van der Waals surface area contributed by atoms with Gasteiger partial charge in [-0.15, -0.1) is 22.7 Å². The maximum Gasteiger partial charge on any atom is 0.162 e. The Morgan fingerprint density at radius 2 is 1.88 bits per heavy atom. The summed E-state index contributed by atoms with van der Waals surface area (Å²) in [5.41, 5.74) is 4.11. The first kappa shape index (κ1) is 20.3. The predicted molar refractivity (Wildman–Crippen MR) is 139 cm³/mol. The second-order valence-electron chi connectivity index (χ2n) is 7.97. The van der Waals surface area contributed by atoms with E-state index in [2.05, 4.69) is 74.2 Å². The molecule has 1 aliphatic rings. The summed E-state index contributed by atoms with van der Waals surface area (Å²) in [5.74, 6) is 2.38. The van der Waals surface area contributed by atoms with E-state index in [4.69, 9.17) is 9.97 Å². The van der Waals surface area contributed by atoms with Crippen molar-refractivity contribution in [1.82, 2.24) is 20.3 Å². The minimum absolute atomic E-state index is 0.393. The molecule has 1 atom stereocenters. The van der Waals surface area contributed by atoms with Gasteiger partial charge in [0.25, 0.3) is 0 Å². The van der Waals surface area contributed by atoms with E-state index in [0.717, 1.165) is 52.6 Å². The molecule has 1 aliphatic heterocycles. The van der Waals surface area contributed by atoms with Gasteiger partial charge in [0.15, 0.2) is 5.82 Å². The summed E-state index contributed by atoms with van der Waals surface area (Å²) in [7, 11) is 0. The van der Waals surface area contributed by atoms with Gasteiger partial charge in [0.2, 0.25) is 0 Å². The lowest BCUT2D eigenvalue weighted by molar-refractivity contribution is 0.789. The van der Waals surface area contributed by atoms with Crippen LogP contribution in [0.4, 0.5) is 17.3 Å². The molecule has 8 heteroatoms. The van der Waals surface area contributed by atoms with Crippen LogP contribution in [0.3, 0.4) is 0 Å². The lowest BCUT2D eigenvalue weighted by Gasteiger charge is -2.14. The summed E-state index contributed by atoms with van der Waals surface area (Å²) in [5, 5.41) is 14.6. The maximum atomic E-state index is 4.90. The summed E-state index contributed by atoms with van der Waals surface area (Å²) < 4.78 is 1.10. The Labute approximate surface area is 199 Å². The molecule has 0 aliphatic carbocycles. The van der Waals surface area contributed by atoms with E-state index in [9.17, 15) is 0 Å². The average molecular weight is 471 g/mol. The Morgan fingerprint density at radius 1 is 0.939 bits per heavy atom. The van der Waals surface area contributed by atoms with E-state index >= 15 is 0 Å². The number of aromatic nitrogens is 3. The topological polar surface area (TPSA) is 74.8 Å². The number of fused-ring (bicyclic) bond motifs is 1. The molecule has 0 amide bonds. The van der Waals surface area contributed by atoms with E-state index in [1.807, 2.05) is 12.1 Å². The Kier molecular flexibility index (Phi) is 5.47. The van der Waals surface area contributed by atoms with Crippen molar-refractivity contribution in [2.24, 2.45) is 0 Å². The Bertz CT molecular complexity index is 1370. The van der Waals surface area contributed by atoms with Gasteiger partial charge in [-0.1, -0.05) is 18.2 Å². The molecule has 5 aromatic rings. The quantitative estimate of drug-likeness (QED) is 0.283. The van der Waals surface area contributed by atoms with Gasteiger partial charge < -0.3 is 16.0 Å². The van der Waals surface area contributed by atoms with Gasteiger partial charge in [-0.3, -0.25) is 0 Å². The normalized spacial score (nSPS) is 15.7. The molecule has 3 N–H and O–H groups in total. The summed E-state index contributed by atoms with van der Waals surface area (Å²) in [6.45, 7) is 2.00. The number of benzene rings is 1. The Hall–Kier alpha value is -3.33. The highest BCUT2D eigenvalue weighted by molar-refractivity contribution is 7.17. The molecule has 0 radical (unpaired) electrons. The Morgan fingerprint density at radius 3 is 2.70 bits per heavy atom. The first-order chi connectivity index (χ1) is 16.3. The molecule has 0 saturated carbocycles. The molecule has 164 valence electrons. The smallest absolute Gasteiger partial charge is 0.162 e. The number of nitrogens with zero attached hydrogens (tertiary/aromatic N) is 3. The number of anilines is 3. The van der Waals surface area contributed by atoms with Crippen LogP contribution < -0.4 is 16.0 Å². The van der Waals surface area contributed by atoms with Crippen molar-refractivity contribution in [1.29, 1.82) is 0 Å². The fraction of sp³-hybridized carbons (Fsp3) is 0.160. The second-order valence-corrected chi connectivity index (χ2v) is 9.84. The molecule has 1 saturated heterocycles. The first-order valence-corrected chi connectivity index (χ1v) is 12.7. The van der Waals surface area contributed by atoms with Gasteiger partial charge in [-0.05, 0) is 65.7 Å². The third-order valence-electron chi connectivity index (χ3n) is 5.69. The molecular formula is C25H22N6S2. The van der Waals surface area contributed by atoms with Gasteiger partial charge in [0, 0.05) is 34.9 Å². The van der Waals surface area contributed by atoms with Crippen molar-refractivity contribution in [2.45, 2.75) is 12.5 Å². The number of nitrogens with one attached hydrogen (secondary N) is 3. The van der Waals surface area contributed by atoms with Crippen LogP contribution in [0.2, 0.25) is 0 Å². The van der Waals surface area contributed by atoms with Gasteiger partial charge in [0.05, 0.1) is 10.2 Å². The van der Waals surface area contributed by atoms with Crippen LogP contribution in [0, 0.1) is 0 Å². The van der Waals surface area contributed by atoms with Crippen LogP contribution in [-0.2, 0) is 0 Å². The first-order valence-electron chi connectivity index (χ1n) is 10.9. The lowest BCUT2D eigenvalue weighted by Crippen LogP contribution is -2.22. The van der Waals surface area contributed by atoms with E-state index in [1.54, 1.807) is 28.9 Å². The largest absolute Gasteiger partial charge is 0.365 e. The molecule has 0 spiro atoms. The highest BCUT2D eigenvalue weighted by atomic mass is 32.1. The molecule has 1 fully saturated rings. The van der Waals surface area contributed by atoms with Crippen molar-refractivity contribution >= 4 is 50.2 Å². The number of rotatable bonds is 6. The van der Waals surface area contributed by atoms with Crippen molar-refractivity contribution in [3.63, 3.8) is 0 Å². The number of thiophene rings is 2. The fourth-order valence-corrected chi connectivity index (χ4v) is 5.52. The van der Waals surface area contributed by atoms with Crippen LogP contribution in [-0.4, -0.2) is 34.1 Å². The molecule has 33 heavy (non-hydrogen) atoms. The monoisotopic (exact) mass is 470 g/mol. The molecule has 6 rings (SSSR count). The maximum absolute atomic E-state index is 4.90. The third-order valence-corrected chi connectivity index (χ3v) is 7.52. The zero-order chi connectivity index (χ0) is 22.0. The molecular weight excluding hydrogens is 448 g/mol. The molecule has 0 bridgehead atoms. The molecule has 4 aromatic heterocycles. The zero-order valence-electron chi connectivity index (χ0n) is 17.8. The van der Waals surface area contributed by atoms with Crippen molar-refractivity contribution in [3.8, 4) is 21.8 Å². The molecule has 5 heterocycles. The minimum Gasteiger partial charge on any atom is -0.365 e. The van der Waals surface area contributed by atoms with Crippen molar-refractivity contribution in [2.75, 3.05) is 23.7 Å². The van der Waals surface area contributed by atoms with E-state index in [-0.39, 0.29) is 0 Å². The van der Waals surface area contributed by atoms with Crippen LogP contribution in [0.25, 0.3) is 32.0 Å². The fourth-order valence-electron chi connectivity index (χ4n) is 4.01. The molecule has 6 nitrogen and oxygen atoms in total. The van der Waals surface area contributed by atoms with Gasteiger partial charge in [0.1, 0.15) is 11.6 Å². The summed E-state index contributed by atoms with van der Waals surface area (Å²) in [6.07, 6.45) is 2.90. The van der Waals surface area contributed by atoms with Crippen molar-refractivity contribution < 1.29 is 0 Å². The summed E-state index contributed by atoms with van der Waals surface area (Å²) in [6, 6.07) is 19.0. The summed E-state index contributed by atoms with van der Waals surface area (Å²) in [4.78, 5) is 15.5. The standard InChI is InChI=1S/C25H22N6S2/c1-2-21(32-12-1)16-3-5-18(6-4-16)28-22-14-17(7-11-27-22)24-30-20-9-13-33-23(20)25(31-24)29-19-8-10-26-15-19/h1-7,9,11-14,19,26H,8,10,15H2,(H,27,28)(H,29,30,31)/t19-/m1/s1. The van der Waals surface area contributed by atoms with E-state index in [1.165, 1.54) is 10.4 Å². The minimum atomic E-state index is 0.393. The van der Waals surface area contributed by atoms with Gasteiger partial charge in [-0.2, -0.15) is 0 Å². The molecule has 1 aromatic carbocycles. The average Bonchev–Trinajstić information content (AvgIpc) is 3.62. The van der Waals surface area contributed by atoms with Gasteiger partial charge >= 0.3 is 0 Å². The van der Waals surface area contributed by atoms with Crippen LogP contribution in [0.15, 0.2) is 71.6 Å². The highest BCUT2D eigenvalue weighted by Crippen LogP contribution is 2.31. The van der Waals surface area contributed by atoms with Crippen LogP contribution in [0.5, 0.6) is 0 Å². The SMILES string of the molecule is c1csc(-c2ccc(Nc3cc(-c4nc(N[C@@H]5CCNC5)c5sccc5n4)ccn3)cc2)c1. The second kappa shape index (κ2) is 8.90. The number of hydrogen-bond donors (Lipinski definition) is 3. The Balaban J connectivity index is 1.27. The van der Waals surface area contributed by atoms with Crippen LogP contribution >= 0.6 is 22.7 Å². The predicted octanol–water partition coefficient (Wildman–Crippen LogP) is 6.00. The van der Waals surface area contributed by atoms with Gasteiger partial charge in [-0.25, -0.2) is 15.0 Å². The van der Waals surface area contributed by atoms with Crippen molar-refractivity contribution in [3.05, 3.63) is 71.6 Å².